The van der Waals surface area contributed by atoms with Gasteiger partial charge >= 0.3 is 0 Å². The van der Waals surface area contributed by atoms with E-state index in [-0.39, 0.29) is 17.7 Å². The standard InChI is InChI=1S/C16H25NO2/c1-16(2,18-3)10-11-19-14-9-8-12-6-4-5-7-13(12)15(14)17/h4-7,14-15H,8-11,17H2,1-3H3. The van der Waals surface area contributed by atoms with Gasteiger partial charge in [-0.05, 0) is 44.2 Å². The molecule has 2 unspecified atom stereocenters. The minimum atomic E-state index is -0.128. The summed E-state index contributed by atoms with van der Waals surface area (Å²) in [5.41, 5.74) is 8.80. The topological polar surface area (TPSA) is 44.5 Å². The molecule has 3 heteroatoms. The lowest BCUT2D eigenvalue weighted by Crippen LogP contribution is -2.35. The fourth-order valence-corrected chi connectivity index (χ4v) is 2.51. The third kappa shape index (κ3) is 3.56. The minimum Gasteiger partial charge on any atom is -0.379 e. The van der Waals surface area contributed by atoms with Gasteiger partial charge in [-0.15, -0.1) is 0 Å². The Morgan fingerprint density at radius 3 is 2.79 bits per heavy atom. The summed E-state index contributed by atoms with van der Waals surface area (Å²) in [4.78, 5) is 0. The summed E-state index contributed by atoms with van der Waals surface area (Å²) < 4.78 is 11.4. The highest BCUT2D eigenvalue weighted by Gasteiger charge is 2.27. The van der Waals surface area contributed by atoms with E-state index in [0.29, 0.717) is 6.61 Å². The van der Waals surface area contributed by atoms with Crippen LogP contribution in [0.25, 0.3) is 0 Å². The summed E-state index contributed by atoms with van der Waals surface area (Å²) in [5, 5.41) is 0. The third-order valence-electron chi connectivity index (χ3n) is 4.10. The summed E-state index contributed by atoms with van der Waals surface area (Å²) in [5.74, 6) is 0. The maximum Gasteiger partial charge on any atom is 0.0770 e. The minimum absolute atomic E-state index is 0.00407. The van der Waals surface area contributed by atoms with Crippen molar-refractivity contribution in [2.75, 3.05) is 13.7 Å². The highest BCUT2D eigenvalue weighted by molar-refractivity contribution is 5.33. The predicted octanol–water partition coefficient (Wildman–Crippen LogP) is 2.83. The number of methoxy groups -OCH3 is 1. The average molecular weight is 263 g/mol. The molecule has 0 aliphatic heterocycles. The van der Waals surface area contributed by atoms with Crippen molar-refractivity contribution in [3.63, 3.8) is 0 Å². The number of fused-ring (bicyclic) bond motifs is 1. The lowest BCUT2D eigenvalue weighted by atomic mass is 9.86. The quantitative estimate of drug-likeness (QED) is 0.888. The largest absolute Gasteiger partial charge is 0.379 e. The molecule has 2 atom stereocenters. The molecule has 0 fully saturated rings. The van der Waals surface area contributed by atoms with E-state index in [2.05, 4.69) is 38.1 Å². The van der Waals surface area contributed by atoms with Gasteiger partial charge in [0.1, 0.15) is 0 Å². The van der Waals surface area contributed by atoms with Crippen LogP contribution in [0.15, 0.2) is 24.3 Å². The van der Waals surface area contributed by atoms with E-state index in [0.717, 1.165) is 19.3 Å². The van der Waals surface area contributed by atoms with Gasteiger partial charge in [-0.3, -0.25) is 0 Å². The van der Waals surface area contributed by atoms with E-state index in [9.17, 15) is 0 Å². The molecule has 2 N–H and O–H groups in total. The SMILES string of the molecule is COC(C)(C)CCOC1CCc2ccccc2C1N. The van der Waals surface area contributed by atoms with Crippen LogP contribution in [0.4, 0.5) is 0 Å². The zero-order valence-corrected chi connectivity index (χ0v) is 12.2. The maximum atomic E-state index is 6.32. The molecular weight excluding hydrogens is 238 g/mol. The smallest absolute Gasteiger partial charge is 0.0770 e. The second-order valence-corrected chi connectivity index (χ2v) is 5.89. The van der Waals surface area contributed by atoms with Crippen LogP contribution in [0.5, 0.6) is 0 Å². The fourth-order valence-electron chi connectivity index (χ4n) is 2.51. The normalized spacial score (nSPS) is 23.2. The number of hydrogen-bond donors (Lipinski definition) is 1. The van der Waals surface area contributed by atoms with Crippen molar-refractivity contribution in [2.24, 2.45) is 5.73 Å². The molecule has 1 aliphatic rings. The number of nitrogens with two attached hydrogens (primary N) is 1. The molecule has 0 heterocycles. The first kappa shape index (κ1) is 14.5. The summed E-state index contributed by atoms with van der Waals surface area (Å²) in [7, 11) is 1.74. The molecule has 1 aromatic carbocycles. The van der Waals surface area contributed by atoms with Crippen molar-refractivity contribution in [2.45, 2.75) is 50.9 Å². The van der Waals surface area contributed by atoms with Crippen molar-refractivity contribution >= 4 is 0 Å². The molecule has 0 saturated carbocycles. The van der Waals surface area contributed by atoms with Crippen LogP contribution in [-0.2, 0) is 15.9 Å². The Kier molecular flexibility index (Phi) is 4.61. The highest BCUT2D eigenvalue weighted by Crippen LogP contribution is 2.30. The van der Waals surface area contributed by atoms with E-state index < -0.39 is 0 Å². The monoisotopic (exact) mass is 263 g/mol. The van der Waals surface area contributed by atoms with Gasteiger partial charge in [0.2, 0.25) is 0 Å². The average Bonchev–Trinajstić information content (AvgIpc) is 2.42. The number of rotatable bonds is 5. The molecule has 106 valence electrons. The summed E-state index contributed by atoms with van der Waals surface area (Å²) in [6, 6.07) is 8.41. The van der Waals surface area contributed by atoms with E-state index in [1.165, 1.54) is 11.1 Å². The van der Waals surface area contributed by atoms with Gasteiger partial charge in [0, 0.05) is 13.7 Å². The number of aryl methyl sites for hydroxylation is 1. The lowest BCUT2D eigenvalue weighted by molar-refractivity contribution is -0.0356. The predicted molar refractivity (Wildman–Crippen MR) is 77.1 cm³/mol. The van der Waals surface area contributed by atoms with Crippen molar-refractivity contribution in [1.82, 2.24) is 0 Å². The van der Waals surface area contributed by atoms with Crippen molar-refractivity contribution in [1.29, 1.82) is 0 Å². The Morgan fingerprint density at radius 1 is 1.32 bits per heavy atom. The van der Waals surface area contributed by atoms with E-state index in [4.69, 9.17) is 15.2 Å². The van der Waals surface area contributed by atoms with Gasteiger partial charge in [-0.25, -0.2) is 0 Å². The van der Waals surface area contributed by atoms with Crippen LogP contribution in [0.2, 0.25) is 0 Å². The molecule has 19 heavy (non-hydrogen) atoms. The van der Waals surface area contributed by atoms with Crippen LogP contribution >= 0.6 is 0 Å². The second-order valence-electron chi connectivity index (χ2n) is 5.89. The molecule has 1 aliphatic carbocycles. The van der Waals surface area contributed by atoms with Crippen LogP contribution < -0.4 is 5.73 Å². The third-order valence-corrected chi connectivity index (χ3v) is 4.10. The summed E-state index contributed by atoms with van der Waals surface area (Å²) >= 11 is 0. The first-order chi connectivity index (χ1) is 9.03. The van der Waals surface area contributed by atoms with Gasteiger partial charge in [0.05, 0.1) is 17.7 Å². The van der Waals surface area contributed by atoms with Crippen LogP contribution in [0.1, 0.15) is 43.9 Å². The number of hydrogen-bond acceptors (Lipinski definition) is 3. The Bertz CT molecular complexity index is 417. The first-order valence-electron chi connectivity index (χ1n) is 7.03. The molecule has 0 spiro atoms. The van der Waals surface area contributed by atoms with Crippen molar-refractivity contribution in [3.8, 4) is 0 Å². The maximum absolute atomic E-state index is 6.32. The Labute approximate surface area is 116 Å². The second kappa shape index (κ2) is 6.04. The molecule has 3 nitrogen and oxygen atoms in total. The molecule has 0 aromatic heterocycles. The van der Waals surface area contributed by atoms with Gasteiger partial charge in [0.25, 0.3) is 0 Å². The van der Waals surface area contributed by atoms with E-state index in [1.807, 2.05) is 0 Å². The molecule has 2 rings (SSSR count). The van der Waals surface area contributed by atoms with Crippen molar-refractivity contribution in [3.05, 3.63) is 35.4 Å². The molecule has 0 amide bonds. The molecule has 1 aromatic rings. The van der Waals surface area contributed by atoms with Gasteiger partial charge in [-0.2, -0.15) is 0 Å². The Morgan fingerprint density at radius 2 is 2.05 bits per heavy atom. The highest BCUT2D eigenvalue weighted by atomic mass is 16.5. The van der Waals surface area contributed by atoms with Crippen molar-refractivity contribution < 1.29 is 9.47 Å². The first-order valence-corrected chi connectivity index (χ1v) is 7.03. The number of ether oxygens (including phenoxy) is 2. The van der Waals surface area contributed by atoms with E-state index in [1.54, 1.807) is 7.11 Å². The van der Waals surface area contributed by atoms with Crippen LogP contribution in [0, 0.1) is 0 Å². The molecule has 0 saturated heterocycles. The van der Waals surface area contributed by atoms with Gasteiger partial charge < -0.3 is 15.2 Å². The van der Waals surface area contributed by atoms with Gasteiger partial charge in [0.15, 0.2) is 0 Å². The summed E-state index contributed by atoms with van der Waals surface area (Å²) in [6.07, 6.45) is 3.07. The molecular formula is C16H25NO2. The number of benzene rings is 1. The fraction of sp³-hybridized carbons (Fsp3) is 0.625. The lowest BCUT2D eigenvalue weighted by Gasteiger charge is -2.32. The van der Waals surface area contributed by atoms with Crippen LogP contribution in [-0.4, -0.2) is 25.4 Å². The van der Waals surface area contributed by atoms with E-state index >= 15 is 0 Å². The Hall–Kier alpha value is -0.900. The zero-order chi connectivity index (χ0) is 13.9. The summed E-state index contributed by atoms with van der Waals surface area (Å²) in [6.45, 7) is 4.85. The van der Waals surface area contributed by atoms with Gasteiger partial charge in [-0.1, -0.05) is 24.3 Å². The molecule has 0 radical (unpaired) electrons. The Balaban J connectivity index is 1.90. The zero-order valence-electron chi connectivity index (χ0n) is 12.2. The molecule has 0 bridgehead atoms. The van der Waals surface area contributed by atoms with Crippen LogP contribution in [0.3, 0.4) is 0 Å².